The molecule has 0 fully saturated rings. The maximum atomic E-state index is 10.6. The summed E-state index contributed by atoms with van der Waals surface area (Å²) in [6, 6.07) is 0. The van der Waals surface area contributed by atoms with Crippen molar-refractivity contribution in [3.8, 4) is 0 Å². The van der Waals surface area contributed by atoms with Gasteiger partial charge in [0.15, 0.2) is 0 Å². The Kier molecular flexibility index (Phi) is 3.71. The summed E-state index contributed by atoms with van der Waals surface area (Å²) in [5.74, 6) is -0.304. The Balaban J connectivity index is 3.73. The molecule has 0 aromatic rings. The van der Waals surface area contributed by atoms with E-state index in [2.05, 4.69) is 17.6 Å². The fourth-order valence-corrected chi connectivity index (χ4v) is 0.691. The molecule has 50 valence electrons. The Labute approximate surface area is 57.8 Å². The molecule has 0 bridgehead atoms. The third-order valence-electron chi connectivity index (χ3n) is 0.865. The molecule has 0 aromatic carbocycles. The van der Waals surface area contributed by atoms with Gasteiger partial charge >= 0.3 is 5.97 Å². The van der Waals surface area contributed by atoms with Crippen LogP contribution in [0.2, 0.25) is 0 Å². The monoisotopic (exact) mass is 142 g/mol. The van der Waals surface area contributed by atoms with Crippen molar-refractivity contribution in [1.82, 2.24) is 0 Å². The summed E-state index contributed by atoms with van der Waals surface area (Å²) >= 11 is 0. The highest BCUT2D eigenvalue weighted by atomic mass is 28.2. The topological polar surface area (TPSA) is 26.3 Å². The molecule has 0 rings (SSSR count). The molecule has 0 unspecified atom stereocenters. The van der Waals surface area contributed by atoms with Gasteiger partial charge in [-0.1, -0.05) is 12.7 Å². The normalized spacial score (nSPS) is 8.44. The Morgan fingerprint density at radius 1 is 1.78 bits per heavy atom. The van der Waals surface area contributed by atoms with E-state index in [9.17, 15) is 4.79 Å². The van der Waals surface area contributed by atoms with Crippen LogP contribution in [0, 0.1) is 0 Å². The van der Waals surface area contributed by atoms with Crippen LogP contribution in [0.5, 0.6) is 0 Å². The molecule has 0 amide bonds. The molecule has 2 nitrogen and oxygen atoms in total. The largest absolute Gasteiger partial charge is 0.526 e. The van der Waals surface area contributed by atoms with Crippen molar-refractivity contribution < 1.29 is 9.22 Å². The van der Waals surface area contributed by atoms with E-state index in [0.29, 0.717) is 22.5 Å². The fraction of sp³-hybridized carbons (Fsp3) is 0.167. The van der Waals surface area contributed by atoms with Gasteiger partial charge in [0.05, 0.1) is 0 Å². The summed E-state index contributed by atoms with van der Waals surface area (Å²) in [7, 11) is 0.433. The lowest BCUT2D eigenvalue weighted by atomic mass is 10.2. The van der Waals surface area contributed by atoms with E-state index in [4.69, 9.17) is 0 Å². The van der Waals surface area contributed by atoms with Gasteiger partial charge in [0.1, 0.15) is 0 Å². The molecule has 0 atom stereocenters. The molecule has 0 aliphatic rings. The van der Waals surface area contributed by atoms with Gasteiger partial charge in [-0.15, -0.1) is 6.58 Å². The van der Waals surface area contributed by atoms with E-state index in [-0.39, 0.29) is 5.97 Å². The summed E-state index contributed by atoms with van der Waals surface area (Å²) in [6.07, 6.45) is 2.14. The lowest BCUT2D eigenvalue weighted by molar-refractivity contribution is -0.129. The molecule has 3 heteroatoms. The molecule has 0 radical (unpaired) electrons. The van der Waals surface area contributed by atoms with Crippen molar-refractivity contribution in [2.45, 2.75) is 6.42 Å². The SMILES string of the molecule is C=CCC(=C)C(=O)O[SiH3]. The zero-order valence-electron chi connectivity index (χ0n) is 5.52. The molecule has 0 saturated carbocycles. The van der Waals surface area contributed by atoms with E-state index >= 15 is 0 Å². The second-order valence-electron chi connectivity index (χ2n) is 1.59. The summed E-state index contributed by atoms with van der Waals surface area (Å²) in [4.78, 5) is 10.6. The zero-order valence-corrected chi connectivity index (χ0v) is 7.52. The molecule has 0 spiro atoms. The highest BCUT2D eigenvalue weighted by molar-refractivity contribution is 6.09. The minimum Gasteiger partial charge on any atom is -0.526 e. The molecule has 0 aromatic heterocycles. The lowest BCUT2D eigenvalue weighted by Crippen LogP contribution is -2.03. The van der Waals surface area contributed by atoms with Gasteiger partial charge in [-0.25, -0.2) is 4.79 Å². The Morgan fingerprint density at radius 3 is 2.67 bits per heavy atom. The van der Waals surface area contributed by atoms with E-state index in [1.807, 2.05) is 0 Å². The quantitative estimate of drug-likeness (QED) is 0.313. The van der Waals surface area contributed by atoms with Crippen molar-refractivity contribution in [3.05, 3.63) is 24.8 Å². The average Bonchev–Trinajstić information content (AvgIpc) is 1.87. The molecular formula is C6H10O2Si. The number of rotatable bonds is 3. The van der Waals surface area contributed by atoms with E-state index in [0.717, 1.165) is 0 Å². The Hall–Kier alpha value is -0.833. The summed E-state index contributed by atoms with van der Waals surface area (Å²) in [6.45, 7) is 6.95. The third-order valence-corrected chi connectivity index (χ3v) is 1.24. The minimum absolute atomic E-state index is 0.304. The predicted molar refractivity (Wildman–Crippen MR) is 40.0 cm³/mol. The van der Waals surface area contributed by atoms with Crippen molar-refractivity contribution >= 4 is 16.5 Å². The lowest BCUT2D eigenvalue weighted by Gasteiger charge is -1.97. The molecule has 0 heterocycles. The molecule has 9 heavy (non-hydrogen) atoms. The number of allylic oxidation sites excluding steroid dienone is 1. The van der Waals surface area contributed by atoms with Crippen molar-refractivity contribution in [2.75, 3.05) is 0 Å². The average molecular weight is 142 g/mol. The summed E-state index contributed by atoms with van der Waals surface area (Å²) in [5.41, 5.74) is 0.472. The van der Waals surface area contributed by atoms with Crippen LogP contribution in [0.15, 0.2) is 24.8 Å². The first-order chi connectivity index (χ1) is 4.22. The zero-order chi connectivity index (χ0) is 7.28. The van der Waals surface area contributed by atoms with E-state index < -0.39 is 0 Å². The molecular weight excluding hydrogens is 132 g/mol. The van der Waals surface area contributed by atoms with Crippen LogP contribution < -0.4 is 0 Å². The standard InChI is InChI=1S/C6H10O2Si/c1-3-4-5(2)6(7)8-9/h3H,1-2,4H2,9H3. The van der Waals surface area contributed by atoms with Gasteiger partial charge in [0.25, 0.3) is 0 Å². The maximum absolute atomic E-state index is 10.6. The van der Waals surface area contributed by atoms with Crippen LogP contribution in [-0.2, 0) is 9.22 Å². The summed E-state index contributed by atoms with van der Waals surface area (Å²) in [5, 5.41) is 0. The number of carbonyl (C=O) groups is 1. The summed E-state index contributed by atoms with van der Waals surface area (Å²) < 4.78 is 4.52. The first kappa shape index (κ1) is 8.17. The van der Waals surface area contributed by atoms with Gasteiger partial charge < -0.3 is 4.43 Å². The number of hydrogen-bond acceptors (Lipinski definition) is 2. The molecule has 0 aliphatic heterocycles. The minimum atomic E-state index is -0.304. The maximum Gasteiger partial charge on any atom is 0.319 e. The molecule has 0 saturated heterocycles. The first-order valence-electron chi connectivity index (χ1n) is 2.59. The van der Waals surface area contributed by atoms with Crippen LogP contribution in [-0.4, -0.2) is 16.5 Å². The smallest absolute Gasteiger partial charge is 0.319 e. The van der Waals surface area contributed by atoms with Crippen LogP contribution in [0.4, 0.5) is 0 Å². The number of hydrogen-bond donors (Lipinski definition) is 0. The van der Waals surface area contributed by atoms with E-state index in [1.165, 1.54) is 0 Å². The van der Waals surface area contributed by atoms with Crippen LogP contribution in [0.25, 0.3) is 0 Å². The van der Waals surface area contributed by atoms with Gasteiger partial charge in [0.2, 0.25) is 10.5 Å². The Morgan fingerprint density at radius 2 is 2.33 bits per heavy atom. The highest BCUT2D eigenvalue weighted by Crippen LogP contribution is 1.98. The van der Waals surface area contributed by atoms with Gasteiger partial charge in [0, 0.05) is 5.57 Å². The highest BCUT2D eigenvalue weighted by Gasteiger charge is 2.01. The fourth-order valence-electron chi connectivity index (χ4n) is 0.402. The number of carbonyl (C=O) groups excluding carboxylic acids is 1. The second kappa shape index (κ2) is 4.09. The van der Waals surface area contributed by atoms with Crippen molar-refractivity contribution in [1.29, 1.82) is 0 Å². The van der Waals surface area contributed by atoms with Crippen LogP contribution in [0.3, 0.4) is 0 Å². The molecule has 0 aliphatic carbocycles. The molecule has 0 N–H and O–H groups in total. The van der Waals surface area contributed by atoms with Crippen molar-refractivity contribution in [3.63, 3.8) is 0 Å². The van der Waals surface area contributed by atoms with Gasteiger partial charge in [-0.2, -0.15) is 0 Å². The third kappa shape index (κ3) is 2.87. The predicted octanol–water partition coefficient (Wildman–Crippen LogP) is -0.0577. The second-order valence-corrected chi connectivity index (χ2v) is 2.00. The van der Waals surface area contributed by atoms with Crippen molar-refractivity contribution in [2.24, 2.45) is 0 Å². The van der Waals surface area contributed by atoms with E-state index in [1.54, 1.807) is 6.08 Å². The first-order valence-corrected chi connectivity index (χ1v) is 3.41. The van der Waals surface area contributed by atoms with Gasteiger partial charge in [-0.3, -0.25) is 0 Å². The van der Waals surface area contributed by atoms with Crippen LogP contribution >= 0.6 is 0 Å². The van der Waals surface area contributed by atoms with Gasteiger partial charge in [-0.05, 0) is 6.42 Å². The van der Waals surface area contributed by atoms with Crippen LogP contribution in [0.1, 0.15) is 6.42 Å². The Bertz CT molecular complexity index is 140.